The molecule has 142 valence electrons. The predicted molar refractivity (Wildman–Crippen MR) is 106 cm³/mol. The van der Waals surface area contributed by atoms with Crippen LogP contribution < -0.4 is 15.0 Å². The smallest absolute Gasteiger partial charge is 0.293 e. The summed E-state index contributed by atoms with van der Waals surface area (Å²) >= 11 is 0. The normalized spacial score (nSPS) is 13.0. The van der Waals surface area contributed by atoms with Crippen molar-refractivity contribution in [2.75, 3.05) is 23.9 Å². The van der Waals surface area contributed by atoms with Gasteiger partial charge in [-0.15, -0.1) is 0 Å². The minimum absolute atomic E-state index is 0.154. The molecule has 2 aromatic carbocycles. The van der Waals surface area contributed by atoms with Crippen molar-refractivity contribution in [3.63, 3.8) is 0 Å². The second-order valence-corrected chi connectivity index (χ2v) is 6.57. The van der Waals surface area contributed by atoms with E-state index < -0.39 is 0 Å². The van der Waals surface area contributed by atoms with Crippen molar-refractivity contribution >= 4 is 23.2 Å². The van der Waals surface area contributed by atoms with Gasteiger partial charge in [0.2, 0.25) is 0 Å². The maximum Gasteiger partial charge on any atom is 0.293 e. The molecule has 1 aromatic heterocycles. The van der Waals surface area contributed by atoms with Crippen LogP contribution in [0.5, 0.6) is 5.75 Å². The molecule has 6 heteroatoms. The van der Waals surface area contributed by atoms with E-state index in [9.17, 15) is 9.59 Å². The van der Waals surface area contributed by atoms with Gasteiger partial charge in [-0.1, -0.05) is 6.07 Å². The van der Waals surface area contributed by atoms with E-state index >= 15 is 0 Å². The lowest BCUT2D eigenvalue weighted by atomic mass is 10.0. The summed E-state index contributed by atoms with van der Waals surface area (Å²) in [6.07, 6.45) is 3.20. The minimum Gasteiger partial charge on any atom is -0.497 e. The van der Waals surface area contributed by atoms with Gasteiger partial charge in [0.1, 0.15) is 5.75 Å². The predicted octanol–water partition coefficient (Wildman–Crippen LogP) is 4.13. The van der Waals surface area contributed by atoms with Crippen molar-refractivity contribution in [1.29, 1.82) is 0 Å². The summed E-state index contributed by atoms with van der Waals surface area (Å²) in [4.78, 5) is 26.9. The van der Waals surface area contributed by atoms with E-state index in [0.717, 1.165) is 24.1 Å². The van der Waals surface area contributed by atoms with Crippen LogP contribution in [0, 0.1) is 0 Å². The van der Waals surface area contributed by atoms with Crippen LogP contribution in [-0.4, -0.2) is 25.5 Å². The molecule has 0 radical (unpaired) electrons. The first-order valence-electron chi connectivity index (χ1n) is 9.09. The number of ether oxygens (including phenoxy) is 1. The fourth-order valence-corrected chi connectivity index (χ4v) is 3.39. The molecule has 0 unspecified atom stereocenters. The number of carbonyl (C=O) groups is 2. The fraction of sp³-hybridized carbons (Fsp3) is 0.182. The molecular formula is C22H20N2O4. The quantitative estimate of drug-likeness (QED) is 0.743. The number of anilines is 2. The van der Waals surface area contributed by atoms with Gasteiger partial charge in [-0.3, -0.25) is 9.59 Å². The van der Waals surface area contributed by atoms with Crippen molar-refractivity contribution in [2.45, 2.75) is 12.8 Å². The summed E-state index contributed by atoms with van der Waals surface area (Å²) in [6, 6.07) is 16.0. The Morgan fingerprint density at radius 3 is 2.79 bits per heavy atom. The first kappa shape index (κ1) is 17.9. The number of amides is 2. The van der Waals surface area contributed by atoms with Crippen LogP contribution in [0.4, 0.5) is 11.4 Å². The third-order valence-electron chi connectivity index (χ3n) is 4.77. The van der Waals surface area contributed by atoms with E-state index in [0.29, 0.717) is 29.3 Å². The van der Waals surface area contributed by atoms with Gasteiger partial charge in [0.15, 0.2) is 5.76 Å². The van der Waals surface area contributed by atoms with E-state index in [1.165, 1.54) is 6.26 Å². The van der Waals surface area contributed by atoms with E-state index in [4.69, 9.17) is 9.15 Å². The van der Waals surface area contributed by atoms with Gasteiger partial charge in [-0.05, 0) is 66.9 Å². The number of carbonyl (C=O) groups excluding carboxylic acids is 2. The number of benzene rings is 2. The summed E-state index contributed by atoms with van der Waals surface area (Å²) in [5, 5.41) is 2.91. The van der Waals surface area contributed by atoms with Crippen LogP contribution in [0.1, 0.15) is 32.9 Å². The molecule has 4 rings (SSSR count). The number of nitrogens with one attached hydrogen (secondary N) is 1. The number of methoxy groups -OCH3 is 1. The second kappa shape index (κ2) is 7.60. The molecule has 3 aromatic rings. The molecule has 6 nitrogen and oxygen atoms in total. The molecule has 0 atom stereocenters. The average Bonchev–Trinajstić information content (AvgIpc) is 3.27. The second-order valence-electron chi connectivity index (χ2n) is 6.57. The first-order chi connectivity index (χ1) is 13.7. The molecule has 0 bridgehead atoms. The van der Waals surface area contributed by atoms with Crippen LogP contribution in [0.3, 0.4) is 0 Å². The lowest BCUT2D eigenvalue weighted by Gasteiger charge is -2.29. The van der Waals surface area contributed by atoms with Gasteiger partial charge >= 0.3 is 0 Å². The van der Waals surface area contributed by atoms with Crippen molar-refractivity contribution in [3.05, 3.63) is 77.7 Å². The van der Waals surface area contributed by atoms with Crippen LogP contribution in [0.15, 0.2) is 65.3 Å². The lowest BCUT2D eigenvalue weighted by molar-refractivity contribution is 0.0957. The minimum atomic E-state index is -0.210. The van der Waals surface area contributed by atoms with Crippen molar-refractivity contribution in [3.8, 4) is 5.75 Å². The fourth-order valence-electron chi connectivity index (χ4n) is 3.39. The summed E-state index contributed by atoms with van der Waals surface area (Å²) in [5.74, 6) is 0.589. The van der Waals surface area contributed by atoms with E-state index in [1.54, 1.807) is 48.4 Å². The zero-order valence-corrected chi connectivity index (χ0v) is 15.5. The number of rotatable bonds is 4. The Kier molecular flexibility index (Phi) is 4.85. The number of hydrogen-bond donors (Lipinski definition) is 1. The number of aryl methyl sites for hydroxylation is 1. The van der Waals surface area contributed by atoms with Crippen molar-refractivity contribution < 1.29 is 18.7 Å². The Hall–Kier alpha value is -3.54. The molecule has 0 spiro atoms. The highest BCUT2D eigenvalue weighted by molar-refractivity contribution is 6.06. The molecular weight excluding hydrogens is 356 g/mol. The molecule has 28 heavy (non-hydrogen) atoms. The average molecular weight is 376 g/mol. The Morgan fingerprint density at radius 1 is 1.11 bits per heavy atom. The Bertz CT molecular complexity index is 1010. The van der Waals surface area contributed by atoms with Crippen LogP contribution in [-0.2, 0) is 6.42 Å². The first-order valence-corrected chi connectivity index (χ1v) is 9.09. The maximum atomic E-state index is 12.7. The highest BCUT2D eigenvalue weighted by Gasteiger charge is 2.25. The van der Waals surface area contributed by atoms with Gasteiger partial charge in [0.25, 0.3) is 11.8 Å². The van der Waals surface area contributed by atoms with Crippen molar-refractivity contribution in [2.24, 2.45) is 0 Å². The van der Waals surface area contributed by atoms with Crippen LogP contribution in [0.2, 0.25) is 0 Å². The summed E-state index contributed by atoms with van der Waals surface area (Å²) < 4.78 is 10.4. The van der Waals surface area contributed by atoms with Gasteiger partial charge in [0, 0.05) is 23.5 Å². The van der Waals surface area contributed by atoms with E-state index in [1.807, 2.05) is 18.2 Å². The standard InChI is InChI=1S/C22H20N2O4/c1-27-18-7-2-5-16(14-18)21(25)23-17-9-10-19-15(13-17)6-3-11-24(19)22(26)20-8-4-12-28-20/h2,4-5,7-10,12-14H,3,6,11H2,1H3,(H,23,25). The van der Waals surface area contributed by atoms with Gasteiger partial charge in [-0.2, -0.15) is 0 Å². The lowest BCUT2D eigenvalue weighted by Crippen LogP contribution is -2.35. The molecule has 0 saturated heterocycles. The highest BCUT2D eigenvalue weighted by atomic mass is 16.5. The van der Waals surface area contributed by atoms with Crippen LogP contribution >= 0.6 is 0 Å². The Labute approximate surface area is 162 Å². The molecule has 0 fully saturated rings. The molecule has 1 N–H and O–H groups in total. The third-order valence-corrected chi connectivity index (χ3v) is 4.77. The maximum absolute atomic E-state index is 12.7. The van der Waals surface area contributed by atoms with Crippen molar-refractivity contribution in [1.82, 2.24) is 0 Å². The summed E-state index contributed by atoms with van der Waals surface area (Å²) in [7, 11) is 1.57. The molecule has 1 aliphatic heterocycles. The summed E-state index contributed by atoms with van der Waals surface area (Å²) in [6.45, 7) is 0.641. The Morgan fingerprint density at radius 2 is 2.00 bits per heavy atom. The summed E-state index contributed by atoms with van der Waals surface area (Å²) in [5.41, 5.74) is 3.09. The number of hydrogen-bond acceptors (Lipinski definition) is 4. The third kappa shape index (κ3) is 3.49. The van der Waals surface area contributed by atoms with Crippen LogP contribution in [0.25, 0.3) is 0 Å². The SMILES string of the molecule is COc1cccc(C(=O)Nc2ccc3c(c2)CCCN3C(=O)c2ccco2)c1. The van der Waals surface area contributed by atoms with E-state index in [2.05, 4.69) is 5.32 Å². The Balaban J connectivity index is 1.55. The molecule has 0 saturated carbocycles. The van der Waals surface area contributed by atoms with E-state index in [-0.39, 0.29) is 11.8 Å². The zero-order valence-electron chi connectivity index (χ0n) is 15.5. The number of furan rings is 1. The highest BCUT2D eigenvalue weighted by Crippen LogP contribution is 2.31. The molecule has 1 aliphatic rings. The van der Waals surface area contributed by atoms with Gasteiger partial charge in [0.05, 0.1) is 13.4 Å². The molecule has 0 aliphatic carbocycles. The zero-order chi connectivity index (χ0) is 19.5. The monoisotopic (exact) mass is 376 g/mol. The molecule has 2 heterocycles. The largest absolute Gasteiger partial charge is 0.497 e. The van der Waals surface area contributed by atoms with Gasteiger partial charge < -0.3 is 19.4 Å². The molecule has 2 amide bonds. The number of nitrogens with zero attached hydrogens (tertiary/aromatic N) is 1. The topological polar surface area (TPSA) is 71.8 Å². The number of fused-ring (bicyclic) bond motifs is 1. The van der Waals surface area contributed by atoms with Gasteiger partial charge in [-0.25, -0.2) is 0 Å².